The van der Waals surface area contributed by atoms with Gasteiger partial charge in [0.05, 0.1) is 0 Å². The topological polar surface area (TPSA) is 113 Å². The molecule has 4 rings (SSSR count). The molecule has 5 atom stereocenters. The van der Waals surface area contributed by atoms with Crippen LogP contribution in [-0.2, 0) is 30.3 Å². The summed E-state index contributed by atoms with van der Waals surface area (Å²) in [7, 11) is 0. The van der Waals surface area contributed by atoms with Gasteiger partial charge in [0, 0.05) is 49.3 Å². The SMILES string of the molecule is CC(=O)O[C@H]1[C@@H]2C(C)(C)[C@@H](OC(C)=O)CC[C@]2(C)C2=C(CN(CCc3ccc(O)cc3)C2=O)[C@@H]1O. The molecule has 1 saturated carbocycles. The highest BCUT2D eigenvalue weighted by Crippen LogP contribution is 2.62. The van der Waals surface area contributed by atoms with E-state index in [2.05, 4.69) is 0 Å². The summed E-state index contributed by atoms with van der Waals surface area (Å²) in [6.07, 6.45) is -0.650. The van der Waals surface area contributed by atoms with E-state index in [9.17, 15) is 24.6 Å². The number of ether oxygens (including phenoxy) is 2. The molecule has 0 saturated heterocycles. The van der Waals surface area contributed by atoms with Crippen LogP contribution >= 0.6 is 0 Å². The molecular weight excluding hydrogens is 450 g/mol. The van der Waals surface area contributed by atoms with Gasteiger partial charge in [-0.1, -0.05) is 32.9 Å². The lowest BCUT2D eigenvalue weighted by Crippen LogP contribution is -2.62. The van der Waals surface area contributed by atoms with Crippen molar-refractivity contribution < 1.29 is 34.1 Å². The van der Waals surface area contributed by atoms with Gasteiger partial charge in [0.15, 0.2) is 0 Å². The maximum Gasteiger partial charge on any atom is 0.303 e. The average Bonchev–Trinajstić information content (AvgIpc) is 3.10. The molecule has 3 aliphatic rings. The highest BCUT2D eigenvalue weighted by molar-refractivity contribution is 5.99. The van der Waals surface area contributed by atoms with Gasteiger partial charge in [0.2, 0.25) is 0 Å². The van der Waals surface area contributed by atoms with Gasteiger partial charge in [-0.05, 0) is 42.5 Å². The van der Waals surface area contributed by atoms with E-state index in [1.165, 1.54) is 13.8 Å². The number of carbonyl (C=O) groups excluding carboxylic acids is 3. The van der Waals surface area contributed by atoms with E-state index < -0.39 is 41.0 Å². The lowest BCUT2D eigenvalue weighted by atomic mass is 9.48. The summed E-state index contributed by atoms with van der Waals surface area (Å²) < 4.78 is 11.4. The van der Waals surface area contributed by atoms with Crippen molar-refractivity contribution in [3.63, 3.8) is 0 Å². The van der Waals surface area contributed by atoms with Crippen LogP contribution in [-0.4, -0.2) is 64.4 Å². The molecule has 35 heavy (non-hydrogen) atoms. The lowest BCUT2D eigenvalue weighted by molar-refractivity contribution is -0.198. The summed E-state index contributed by atoms with van der Waals surface area (Å²) >= 11 is 0. The molecule has 2 N–H and O–H groups in total. The number of hydrogen-bond acceptors (Lipinski definition) is 7. The standard InChI is InChI=1S/C27H35NO7/c1-15(29)34-20-10-12-27(5)21-19(22(32)23(35-16(2)30)24(27)26(20,3)4)14-28(25(21)33)13-11-17-6-8-18(31)9-7-17/h6-9,20,22-24,31-32H,10-14H2,1-5H3/t20-,22-,23+,24+,27+/m0/s1. The van der Waals surface area contributed by atoms with Gasteiger partial charge in [-0.25, -0.2) is 0 Å². The molecule has 8 nitrogen and oxygen atoms in total. The van der Waals surface area contributed by atoms with Crippen LogP contribution in [0, 0.1) is 16.7 Å². The van der Waals surface area contributed by atoms with E-state index in [-0.39, 0.29) is 24.2 Å². The van der Waals surface area contributed by atoms with E-state index in [0.717, 1.165) is 5.56 Å². The minimum absolute atomic E-state index is 0.103. The van der Waals surface area contributed by atoms with Gasteiger partial charge in [-0.3, -0.25) is 14.4 Å². The van der Waals surface area contributed by atoms with Gasteiger partial charge < -0.3 is 24.6 Å². The smallest absolute Gasteiger partial charge is 0.303 e. The molecule has 2 aliphatic carbocycles. The monoisotopic (exact) mass is 485 g/mol. The zero-order chi connectivity index (χ0) is 25.7. The van der Waals surface area contributed by atoms with Crippen LogP contribution in [0.5, 0.6) is 5.75 Å². The molecule has 1 heterocycles. The number of phenols is 1. The third-order valence-corrected chi connectivity index (χ3v) is 8.21. The fourth-order valence-electron chi connectivity index (χ4n) is 6.77. The van der Waals surface area contributed by atoms with Crippen molar-refractivity contribution in [3.05, 3.63) is 41.0 Å². The molecule has 1 aliphatic heterocycles. The zero-order valence-electron chi connectivity index (χ0n) is 21.0. The Morgan fingerprint density at radius 3 is 2.31 bits per heavy atom. The first kappa shape index (κ1) is 25.2. The van der Waals surface area contributed by atoms with E-state index in [1.54, 1.807) is 17.0 Å². The fourth-order valence-corrected chi connectivity index (χ4v) is 6.77. The van der Waals surface area contributed by atoms with Crippen LogP contribution in [0.15, 0.2) is 35.4 Å². The molecule has 0 bridgehead atoms. The number of benzene rings is 1. The highest BCUT2D eigenvalue weighted by atomic mass is 16.6. The number of rotatable bonds is 5. The number of aliphatic hydroxyl groups excluding tert-OH is 1. The van der Waals surface area contributed by atoms with Crippen molar-refractivity contribution in [1.29, 1.82) is 0 Å². The molecular formula is C27H35NO7. The Hall–Kier alpha value is -2.87. The molecule has 1 amide bonds. The van der Waals surface area contributed by atoms with Crippen LogP contribution < -0.4 is 0 Å². The summed E-state index contributed by atoms with van der Waals surface area (Å²) in [6.45, 7) is 9.36. The Morgan fingerprint density at radius 2 is 1.71 bits per heavy atom. The number of phenolic OH excluding ortho intramolecular Hbond substituents is 1. The lowest BCUT2D eigenvalue weighted by Gasteiger charge is -2.58. The number of hydrogen-bond donors (Lipinski definition) is 2. The molecule has 1 aromatic carbocycles. The van der Waals surface area contributed by atoms with Gasteiger partial charge in [0.25, 0.3) is 5.91 Å². The molecule has 0 radical (unpaired) electrons. The zero-order valence-corrected chi connectivity index (χ0v) is 21.0. The van der Waals surface area contributed by atoms with Crippen molar-refractivity contribution in [2.75, 3.05) is 13.1 Å². The number of fused-ring (bicyclic) bond motifs is 2. The third-order valence-electron chi connectivity index (χ3n) is 8.21. The van der Waals surface area contributed by atoms with Crippen molar-refractivity contribution in [3.8, 4) is 5.75 Å². The molecule has 1 fully saturated rings. The van der Waals surface area contributed by atoms with Crippen LogP contribution in [0.1, 0.15) is 53.0 Å². The maximum atomic E-state index is 13.7. The summed E-state index contributed by atoms with van der Waals surface area (Å²) in [6, 6.07) is 6.89. The minimum Gasteiger partial charge on any atom is -0.508 e. The number of nitrogens with zero attached hydrogens (tertiary/aromatic N) is 1. The Bertz CT molecular complexity index is 1060. The number of esters is 2. The predicted octanol–water partition coefficient (Wildman–Crippen LogP) is 2.75. The predicted molar refractivity (Wildman–Crippen MR) is 127 cm³/mol. The normalized spacial score (nSPS) is 31.6. The second-order valence-electron chi connectivity index (χ2n) is 10.9. The molecule has 8 heteroatoms. The van der Waals surface area contributed by atoms with Crippen LogP contribution in [0.3, 0.4) is 0 Å². The largest absolute Gasteiger partial charge is 0.508 e. The number of carbonyl (C=O) groups is 3. The number of amides is 1. The molecule has 0 spiro atoms. The van der Waals surface area contributed by atoms with Gasteiger partial charge in [0.1, 0.15) is 24.1 Å². The summed E-state index contributed by atoms with van der Waals surface area (Å²) in [5, 5.41) is 21.0. The highest BCUT2D eigenvalue weighted by Gasteiger charge is 2.65. The Morgan fingerprint density at radius 1 is 1.09 bits per heavy atom. The second-order valence-corrected chi connectivity index (χ2v) is 10.9. The molecule has 0 unspecified atom stereocenters. The van der Waals surface area contributed by atoms with Crippen LogP contribution in [0.4, 0.5) is 0 Å². The third kappa shape index (κ3) is 4.33. The summed E-state index contributed by atoms with van der Waals surface area (Å²) in [5.41, 5.74) is 0.911. The molecule has 190 valence electrons. The van der Waals surface area contributed by atoms with Crippen molar-refractivity contribution in [2.24, 2.45) is 16.7 Å². The van der Waals surface area contributed by atoms with E-state index in [0.29, 0.717) is 37.0 Å². The van der Waals surface area contributed by atoms with Crippen LogP contribution in [0.25, 0.3) is 0 Å². The van der Waals surface area contributed by atoms with E-state index >= 15 is 0 Å². The summed E-state index contributed by atoms with van der Waals surface area (Å²) in [5.74, 6) is -1.22. The number of aliphatic hydroxyl groups is 1. The van der Waals surface area contributed by atoms with Gasteiger partial charge in [-0.15, -0.1) is 0 Å². The maximum absolute atomic E-state index is 13.7. The van der Waals surface area contributed by atoms with Crippen LogP contribution in [0.2, 0.25) is 0 Å². The average molecular weight is 486 g/mol. The first-order valence-corrected chi connectivity index (χ1v) is 12.2. The van der Waals surface area contributed by atoms with E-state index in [4.69, 9.17) is 9.47 Å². The Kier molecular flexibility index (Phi) is 6.47. The summed E-state index contributed by atoms with van der Waals surface area (Å²) in [4.78, 5) is 39.4. The second kappa shape index (κ2) is 8.97. The van der Waals surface area contributed by atoms with Crippen molar-refractivity contribution >= 4 is 17.8 Å². The van der Waals surface area contributed by atoms with E-state index in [1.807, 2.05) is 32.9 Å². The number of aromatic hydroxyl groups is 1. The van der Waals surface area contributed by atoms with Gasteiger partial charge in [-0.2, -0.15) is 0 Å². The quantitative estimate of drug-likeness (QED) is 0.617. The first-order valence-electron chi connectivity index (χ1n) is 12.2. The Labute approximate surface area is 205 Å². The molecule has 0 aromatic heterocycles. The molecule has 1 aromatic rings. The minimum atomic E-state index is -1.12. The van der Waals surface area contributed by atoms with Gasteiger partial charge >= 0.3 is 11.9 Å². The van der Waals surface area contributed by atoms with Crippen molar-refractivity contribution in [2.45, 2.75) is 72.2 Å². The first-order chi connectivity index (χ1) is 16.4. The van der Waals surface area contributed by atoms with Crippen molar-refractivity contribution in [1.82, 2.24) is 4.90 Å². The Balaban J connectivity index is 1.67. The fraction of sp³-hybridized carbons (Fsp3) is 0.593.